The molecule has 0 saturated heterocycles. The summed E-state index contributed by atoms with van der Waals surface area (Å²) in [6.07, 6.45) is 2.31. The number of hydrogen-bond acceptors (Lipinski definition) is 3. The van der Waals surface area contributed by atoms with Gasteiger partial charge in [0.1, 0.15) is 11.3 Å². The van der Waals surface area contributed by atoms with E-state index in [1.165, 1.54) is 21.3 Å². The number of imidazole rings is 1. The highest BCUT2D eigenvalue weighted by atomic mass is 16.2. The van der Waals surface area contributed by atoms with Gasteiger partial charge in [-0.3, -0.25) is 13.9 Å². The second-order valence-corrected chi connectivity index (χ2v) is 7.11. The minimum absolute atomic E-state index is 0.269. The first-order chi connectivity index (χ1) is 13.1. The van der Waals surface area contributed by atoms with Crippen LogP contribution in [0.2, 0.25) is 0 Å². The molecule has 0 fully saturated rings. The lowest BCUT2D eigenvalue weighted by Crippen LogP contribution is -2.40. The Labute approximate surface area is 157 Å². The van der Waals surface area contributed by atoms with E-state index in [1.807, 2.05) is 26.0 Å². The first-order valence-electron chi connectivity index (χ1n) is 9.58. The summed E-state index contributed by atoms with van der Waals surface area (Å²) in [5.41, 5.74) is 5.08. The third-order valence-corrected chi connectivity index (χ3v) is 5.28. The van der Waals surface area contributed by atoms with Crippen LogP contribution < -0.4 is 11.2 Å². The zero-order valence-electron chi connectivity index (χ0n) is 16.0. The Morgan fingerprint density at radius 3 is 2.48 bits per heavy atom. The topological polar surface area (TPSA) is 72.7 Å². The highest BCUT2D eigenvalue weighted by molar-refractivity contribution is 5.95. The van der Waals surface area contributed by atoms with Crippen molar-refractivity contribution < 1.29 is 0 Å². The SMILES string of the molecule is CCCn1c(=O)c2[nH]c(C3=C(C)c4ccccc4C3)nc2n(CCC)c1=O. The molecule has 0 bridgehead atoms. The van der Waals surface area contributed by atoms with Gasteiger partial charge in [-0.15, -0.1) is 0 Å². The van der Waals surface area contributed by atoms with Crippen molar-refractivity contribution in [2.45, 2.75) is 53.1 Å². The van der Waals surface area contributed by atoms with Crippen LogP contribution in [0.5, 0.6) is 0 Å². The number of nitrogens with zero attached hydrogens (tertiary/aromatic N) is 3. The molecule has 2 aromatic heterocycles. The van der Waals surface area contributed by atoms with E-state index >= 15 is 0 Å². The molecule has 0 amide bonds. The van der Waals surface area contributed by atoms with Gasteiger partial charge in [-0.05, 0) is 36.5 Å². The molecular weight excluding hydrogens is 340 g/mol. The number of nitrogens with one attached hydrogen (secondary N) is 1. The summed E-state index contributed by atoms with van der Waals surface area (Å²) in [7, 11) is 0. The van der Waals surface area contributed by atoms with Crippen molar-refractivity contribution in [3.8, 4) is 0 Å². The number of benzene rings is 1. The van der Waals surface area contributed by atoms with Crippen LogP contribution in [-0.4, -0.2) is 19.1 Å². The second kappa shape index (κ2) is 6.68. The Bertz CT molecular complexity index is 1180. The van der Waals surface area contributed by atoms with Gasteiger partial charge in [0.2, 0.25) is 0 Å². The number of H-pyrrole nitrogens is 1. The Morgan fingerprint density at radius 2 is 1.78 bits per heavy atom. The number of hydrogen-bond donors (Lipinski definition) is 1. The summed E-state index contributed by atoms with van der Waals surface area (Å²) in [4.78, 5) is 33.6. The number of aryl methyl sites for hydroxylation is 1. The van der Waals surface area contributed by atoms with E-state index in [1.54, 1.807) is 4.57 Å². The second-order valence-electron chi connectivity index (χ2n) is 7.11. The fourth-order valence-electron chi connectivity index (χ4n) is 3.94. The normalized spacial score (nSPS) is 13.6. The third-order valence-electron chi connectivity index (χ3n) is 5.28. The van der Waals surface area contributed by atoms with E-state index in [0.29, 0.717) is 30.1 Å². The van der Waals surface area contributed by atoms with Crippen molar-refractivity contribution >= 4 is 22.3 Å². The van der Waals surface area contributed by atoms with Gasteiger partial charge in [0, 0.05) is 25.1 Å². The van der Waals surface area contributed by atoms with E-state index < -0.39 is 0 Å². The maximum Gasteiger partial charge on any atom is 0.332 e. The third kappa shape index (κ3) is 2.67. The van der Waals surface area contributed by atoms with Gasteiger partial charge >= 0.3 is 5.69 Å². The van der Waals surface area contributed by atoms with E-state index in [2.05, 4.69) is 24.0 Å². The molecule has 6 heteroatoms. The molecule has 0 saturated carbocycles. The molecule has 0 spiro atoms. The molecule has 3 aromatic rings. The molecular formula is C21H24N4O2. The predicted octanol–water partition coefficient (Wildman–Crippen LogP) is 3.19. The van der Waals surface area contributed by atoms with E-state index in [-0.39, 0.29) is 11.2 Å². The van der Waals surface area contributed by atoms with Crippen molar-refractivity contribution in [1.29, 1.82) is 0 Å². The Kier molecular flexibility index (Phi) is 4.34. The number of allylic oxidation sites excluding steroid dienone is 2. The Balaban J connectivity index is 1.95. The summed E-state index contributed by atoms with van der Waals surface area (Å²) in [6, 6.07) is 8.31. The summed E-state index contributed by atoms with van der Waals surface area (Å²) in [5.74, 6) is 0.689. The average Bonchev–Trinajstić information content (AvgIpc) is 3.24. The minimum Gasteiger partial charge on any atom is -0.332 e. The summed E-state index contributed by atoms with van der Waals surface area (Å²) >= 11 is 0. The number of fused-ring (bicyclic) bond motifs is 2. The van der Waals surface area contributed by atoms with E-state index in [4.69, 9.17) is 4.98 Å². The molecule has 2 heterocycles. The van der Waals surface area contributed by atoms with E-state index in [0.717, 1.165) is 24.8 Å². The van der Waals surface area contributed by atoms with Gasteiger partial charge in [0.05, 0.1) is 0 Å². The molecule has 140 valence electrons. The summed E-state index contributed by atoms with van der Waals surface area (Å²) < 4.78 is 2.95. The van der Waals surface area contributed by atoms with Crippen LogP contribution in [0, 0.1) is 0 Å². The van der Waals surface area contributed by atoms with Crippen LogP contribution in [0.15, 0.2) is 33.9 Å². The van der Waals surface area contributed by atoms with Crippen molar-refractivity contribution in [2.24, 2.45) is 0 Å². The molecule has 1 aliphatic rings. The van der Waals surface area contributed by atoms with Crippen molar-refractivity contribution in [1.82, 2.24) is 19.1 Å². The Morgan fingerprint density at radius 1 is 1.07 bits per heavy atom. The number of aromatic nitrogens is 4. The van der Waals surface area contributed by atoms with Crippen molar-refractivity contribution in [2.75, 3.05) is 0 Å². The van der Waals surface area contributed by atoms with Gasteiger partial charge in [-0.2, -0.15) is 0 Å². The van der Waals surface area contributed by atoms with Gasteiger partial charge in [0.25, 0.3) is 5.56 Å². The van der Waals surface area contributed by atoms with Crippen molar-refractivity contribution in [3.63, 3.8) is 0 Å². The van der Waals surface area contributed by atoms with Crippen LogP contribution in [-0.2, 0) is 19.5 Å². The predicted molar refractivity (Wildman–Crippen MR) is 108 cm³/mol. The number of aromatic amines is 1. The molecule has 4 rings (SSSR count). The molecule has 0 aliphatic heterocycles. The van der Waals surface area contributed by atoms with Crippen LogP contribution >= 0.6 is 0 Å². The molecule has 27 heavy (non-hydrogen) atoms. The molecule has 0 radical (unpaired) electrons. The highest BCUT2D eigenvalue weighted by Crippen LogP contribution is 2.37. The molecule has 1 aliphatic carbocycles. The maximum atomic E-state index is 12.9. The monoisotopic (exact) mass is 364 g/mol. The lowest BCUT2D eigenvalue weighted by Gasteiger charge is -2.09. The summed E-state index contributed by atoms with van der Waals surface area (Å²) in [6.45, 7) is 7.02. The van der Waals surface area contributed by atoms with Crippen molar-refractivity contribution in [3.05, 3.63) is 62.1 Å². The van der Waals surface area contributed by atoms with Gasteiger partial charge in [-0.1, -0.05) is 38.1 Å². The zero-order valence-corrected chi connectivity index (χ0v) is 16.0. The highest BCUT2D eigenvalue weighted by Gasteiger charge is 2.23. The first-order valence-corrected chi connectivity index (χ1v) is 9.58. The zero-order chi connectivity index (χ0) is 19.1. The molecule has 0 atom stereocenters. The average molecular weight is 364 g/mol. The Hall–Kier alpha value is -2.89. The van der Waals surface area contributed by atoms with Gasteiger partial charge in [0.15, 0.2) is 5.65 Å². The molecule has 0 unspecified atom stereocenters. The van der Waals surface area contributed by atoms with Crippen LogP contribution in [0.3, 0.4) is 0 Å². The van der Waals surface area contributed by atoms with E-state index in [9.17, 15) is 9.59 Å². The van der Waals surface area contributed by atoms with Crippen LogP contribution in [0.25, 0.3) is 22.3 Å². The van der Waals surface area contributed by atoms with Crippen LogP contribution in [0.4, 0.5) is 0 Å². The maximum absolute atomic E-state index is 12.9. The molecule has 6 nitrogen and oxygen atoms in total. The lowest BCUT2D eigenvalue weighted by molar-refractivity contribution is 0.555. The largest absolute Gasteiger partial charge is 0.332 e. The van der Waals surface area contributed by atoms with Crippen LogP contribution in [0.1, 0.15) is 50.6 Å². The summed E-state index contributed by atoms with van der Waals surface area (Å²) in [5, 5.41) is 0. The quantitative estimate of drug-likeness (QED) is 0.756. The smallest absolute Gasteiger partial charge is 0.332 e. The first kappa shape index (κ1) is 17.5. The molecule has 1 N–H and O–H groups in total. The minimum atomic E-state index is -0.281. The standard InChI is InChI=1S/C21H24N4O2/c1-4-10-24-19-17(20(26)25(11-5-2)21(24)27)22-18(23-19)16-12-14-8-6-7-9-15(14)13(16)3/h6-9H,4-5,10-12H2,1-3H3,(H,22,23). The fourth-order valence-corrected chi connectivity index (χ4v) is 3.94. The fraction of sp³-hybridized carbons (Fsp3) is 0.381. The lowest BCUT2D eigenvalue weighted by atomic mass is 10.1. The van der Waals surface area contributed by atoms with Gasteiger partial charge < -0.3 is 4.98 Å². The molecule has 1 aromatic carbocycles. The number of rotatable bonds is 5. The van der Waals surface area contributed by atoms with Gasteiger partial charge in [-0.25, -0.2) is 9.78 Å².